The van der Waals surface area contributed by atoms with Crippen LogP contribution < -0.4 is 10.2 Å². The van der Waals surface area contributed by atoms with Gasteiger partial charge in [-0.05, 0) is 47.8 Å². The van der Waals surface area contributed by atoms with Crippen molar-refractivity contribution < 1.29 is 5.11 Å². The van der Waals surface area contributed by atoms with Crippen LogP contribution in [-0.4, -0.2) is 22.5 Å². The van der Waals surface area contributed by atoms with Gasteiger partial charge < -0.3 is 15.3 Å². The number of hydrogen-bond donors (Lipinski definition) is 3. The summed E-state index contributed by atoms with van der Waals surface area (Å²) in [6.07, 6.45) is 0. The summed E-state index contributed by atoms with van der Waals surface area (Å²) in [6, 6.07) is 21.8. The Labute approximate surface area is 182 Å². The van der Waals surface area contributed by atoms with Crippen molar-refractivity contribution in [3.8, 4) is 10.6 Å². The van der Waals surface area contributed by atoms with Gasteiger partial charge in [0, 0.05) is 22.4 Å². The predicted molar refractivity (Wildman–Crippen MR) is 126 cm³/mol. The molecule has 5 rings (SSSR count). The van der Waals surface area contributed by atoms with Gasteiger partial charge in [-0.25, -0.2) is 4.98 Å². The first-order valence-electron chi connectivity index (χ1n) is 9.39. The number of para-hydroxylation sites is 1. The Kier molecular flexibility index (Phi) is 4.82. The molecule has 0 saturated heterocycles. The highest BCUT2D eigenvalue weighted by atomic mass is 32.1. The van der Waals surface area contributed by atoms with Gasteiger partial charge in [-0.2, -0.15) is 0 Å². The number of nitrogens with one attached hydrogen (secondary N) is 2. The molecule has 148 valence electrons. The number of nitrogens with zero attached hydrogens (tertiary/aromatic N) is 2. The summed E-state index contributed by atoms with van der Waals surface area (Å²) in [5, 5.41) is 27.2. The normalized spacial score (nSPS) is 13.9. The summed E-state index contributed by atoms with van der Waals surface area (Å²) in [5.41, 5.74) is 4.23. The second-order valence-corrected chi connectivity index (χ2v) is 8.62. The summed E-state index contributed by atoms with van der Waals surface area (Å²) >= 11 is 3.08. The Morgan fingerprint density at radius 3 is 2.43 bits per heavy atom. The van der Waals surface area contributed by atoms with Crippen LogP contribution in [0.1, 0.15) is 5.01 Å². The van der Waals surface area contributed by atoms with Gasteiger partial charge in [0.15, 0.2) is 0 Å². The molecule has 0 bridgehead atoms. The molecule has 5 nitrogen and oxygen atoms in total. The Morgan fingerprint density at radius 2 is 1.70 bits per heavy atom. The van der Waals surface area contributed by atoms with Gasteiger partial charge >= 0.3 is 0 Å². The van der Waals surface area contributed by atoms with Gasteiger partial charge in [-0.15, -0.1) is 22.7 Å². The maximum Gasteiger partial charge on any atom is 0.139 e. The number of thiophene rings is 1. The van der Waals surface area contributed by atoms with Crippen molar-refractivity contribution in [3.63, 3.8) is 0 Å². The van der Waals surface area contributed by atoms with Crippen LogP contribution in [0.2, 0.25) is 0 Å². The van der Waals surface area contributed by atoms with Crippen molar-refractivity contribution in [2.75, 3.05) is 16.8 Å². The third kappa shape index (κ3) is 3.49. The molecule has 0 spiro atoms. The number of aliphatic hydroxyl groups is 1. The van der Waals surface area contributed by atoms with Crippen LogP contribution in [0, 0.1) is 5.41 Å². The molecular formula is C23H18N4OS2. The predicted octanol–water partition coefficient (Wildman–Crippen LogP) is 6.38. The highest BCUT2D eigenvalue weighted by Crippen LogP contribution is 2.35. The minimum Gasteiger partial charge on any atom is -0.510 e. The fourth-order valence-corrected chi connectivity index (χ4v) is 5.01. The Hall–Kier alpha value is -3.42. The molecule has 2 aromatic heterocycles. The molecule has 30 heavy (non-hydrogen) atoms. The van der Waals surface area contributed by atoms with Crippen molar-refractivity contribution >= 4 is 51.1 Å². The lowest BCUT2D eigenvalue weighted by atomic mass is 10.2. The number of aromatic nitrogens is 1. The third-order valence-electron chi connectivity index (χ3n) is 4.84. The van der Waals surface area contributed by atoms with E-state index in [0.717, 1.165) is 27.6 Å². The molecule has 7 heteroatoms. The maximum absolute atomic E-state index is 10.6. The topological polar surface area (TPSA) is 72.2 Å². The van der Waals surface area contributed by atoms with E-state index in [1.807, 2.05) is 77.5 Å². The van der Waals surface area contributed by atoms with Crippen LogP contribution in [0.5, 0.6) is 0 Å². The highest BCUT2D eigenvalue weighted by Gasteiger charge is 2.31. The van der Waals surface area contributed by atoms with Crippen molar-refractivity contribution in [3.05, 3.63) is 88.3 Å². The van der Waals surface area contributed by atoms with Gasteiger partial charge in [0.2, 0.25) is 0 Å². The number of hydrogen-bond acceptors (Lipinski definition) is 6. The molecule has 1 aliphatic rings. The number of aliphatic hydroxyl groups excluding tert-OH is 1. The fourth-order valence-electron chi connectivity index (χ4n) is 3.36. The standard InChI is InChI=1S/C23H18N4OS2/c24-22-21(23-26-18(14-30-23)20-7-4-12-29-20)19(28)13-27(22)17-10-8-16(9-11-17)25-15-5-2-1-3-6-15/h1-12,14,24-25,28H,13H2. The van der Waals surface area contributed by atoms with Crippen LogP contribution >= 0.6 is 22.7 Å². The molecule has 3 heterocycles. The lowest BCUT2D eigenvalue weighted by Gasteiger charge is -2.19. The van der Waals surface area contributed by atoms with Crippen LogP contribution in [0.15, 0.2) is 83.2 Å². The van der Waals surface area contributed by atoms with E-state index in [1.54, 1.807) is 16.2 Å². The van der Waals surface area contributed by atoms with Crippen LogP contribution in [0.25, 0.3) is 16.1 Å². The molecule has 2 aromatic carbocycles. The van der Waals surface area contributed by atoms with Gasteiger partial charge in [-0.1, -0.05) is 24.3 Å². The molecule has 0 amide bonds. The minimum atomic E-state index is 0.179. The van der Waals surface area contributed by atoms with E-state index in [0.29, 0.717) is 10.6 Å². The zero-order valence-corrected chi connectivity index (χ0v) is 17.5. The smallest absolute Gasteiger partial charge is 0.139 e. The van der Waals surface area contributed by atoms with Crippen LogP contribution in [0.3, 0.4) is 0 Å². The molecule has 0 aliphatic carbocycles. The molecule has 0 atom stereocenters. The maximum atomic E-state index is 10.6. The van der Waals surface area contributed by atoms with Crippen LogP contribution in [-0.2, 0) is 0 Å². The molecule has 1 aliphatic heterocycles. The lowest BCUT2D eigenvalue weighted by molar-refractivity contribution is 0.411. The first kappa shape index (κ1) is 18.6. The Morgan fingerprint density at radius 1 is 0.933 bits per heavy atom. The third-order valence-corrected chi connectivity index (χ3v) is 6.59. The van der Waals surface area contributed by atoms with Gasteiger partial charge in [-0.3, -0.25) is 5.41 Å². The molecule has 0 unspecified atom stereocenters. The van der Waals surface area contributed by atoms with E-state index in [4.69, 9.17) is 5.41 Å². The second-order valence-electron chi connectivity index (χ2n) is 6.81. The fraction of sp³-hybridized carbons (Fsp3) is 0.0435. The van der Waals surface area contributed by atoms with Gasteiger partial charge in [0.1, 0.15) is 16.6 Å². The molecule has 3 N–H and O–H groups in total. The molecule has 0 saturated carbocycles. The largest absolute Gasteiger partial charge is 0.510 e. The first-order chi connectivity index (χ1) is 14.7. The van der Waals surface area contributed by atoms with E-state index in [9.17, 15) is 5.11 Å². The lowest BCUT2D eigenvalue weighted by Crippen LogP contribution is -2.25. The zero-order valence-electron chi connectivity index (χ0n) is 15.9. The summed E-state index contributed by atoms with van der Waals surface area (Å²) in [5.74, 6) is 0.446. The Bertz CT molecular complexity index is 1210. The summed E-state index contributed by atoms with van der Waals surface area (Å²) in [4.78, 5) is 7.54. The average Bonchev–Trinajstić information content (AvgIpc) is 3.50. The molecule has 0 fully saturated rings. The molecular weight excluding hydrogens is 412 g/mol. The van der Waals surface area contributed by atoms with Crippen molar-refractivity contribution in [2.45, 2.75) is 0 Å². The Balaban J connectivity index is 1.34. The van der Waals surface area contributed by atoms with Crippen LogP contribution in [0.4, 0.5) is 17.1 Å². The number of amidine groups is 1. The van der Waals surface area contributed by atoms with E-state index in [1.165, 1.54) is 11.3 Å². The van der Waals surface area contributed by atoms with Gasteiger partial charge in [0.25, 0.3) is 0 Å². The van der Waals surface area contributed by atoms with Crippen molar-refractivity contribution in [1.29, 1.82) is 5.41 Å². The average molecular weight is 431 g/mol. The highest BCUT2D eigenvalue weighted by molar-refractivity contribution is 7.14. The number of benzene rings is 2. The second kappa shape index (κ2) is 7.78. The van der Waals surface area contributed by atoms with Gasteiger partial charge in [0.05, 0.1) is 22.7 Å². The monoisotopic (exact) mass is 430 g/mol. The van der Waals surface area contributed by atoms with Crippen molar-refractivity contribution in [2.24, 2.45) is 0 Å². The summed E-state index contributed by atoms with van der Waals surface area (Å²) in [6.45, 7) is 0.271. The SMILES string of the molecule is N=C1C(c2nc(-c3cccs3)cs2)=C(O)CN1c1ccc(Nc2ccccc2)cc1. The van der Waals surface area contributed by atoms with Crippen molar-refractivity contribution in [1.82, 2.24) is 4.98 Å². The number of anilines is 3. The van der Waals surface area contributed by atoms with E-state index in [-0.39, 0.29) is 18.1 Å². The zero-order chi connectivity index (χ0) is 20.5. The van der Waals surface area contributed by atoms with E-state index >= 15 is 0 Å². The van der Waals surface area contributed by atoms with E-state index < -0.39 is 0 Å². The quantitative estimate of drug-likeness (QED) is 0.343. The van der Waals surface area contributed by atoms with E-state index in [2.05, 4.69) is 10.3 Å². The number of rotatable bonds is 5. The number of thiazole rings is 1. The minimum absolute atomic E-state index is 0.179. The molecule has 4 aromatic rings. The first-order valence-corrected chi connectivity index (χ1v) is 11.2. The summed E-state index contributed by atoms with van der Waals surface area (Å²) < 4.78 is 0. The summed E-state index contributed by atoms with van der Waals surface area (Å²) in [7, 11) is 0. The molecule has 0 radical (unpaired) electrons.